The SMILES string of the molecule is C=C(C)CNc1ncc(C#N)cc1Cl. The van der Waals surface area contributed by atoms with Gasteiger partial charge in [0.2, 0.25) is 0 Å². The van der Waals surface area contributed by atoms with Crippen molar-refractivity contribution in [2.24, 2.45) is 0 Å². The molecule has 0 unspecified atom stereocenters. The molecular formula is C10H10ClN3. The lowest BCUT2D eigenvalue weighted by atomic mass is 10.3. The van der Waals surface area contributed by atoms with Crippen molar-refractivity contribution in [2.75, 3.05) is 11.9 Å². The zero-order valence-corrected chi connectivity index (χ0v) is 8.60. The summed E-state index contributed by atoms with van der Waals surface area (Å²) >= 11 is 5.89. The molecule has 0 aliphatic rings. The van der Waals surface area contributed by atoms with Gasteiger partial charge < -0.3 is 5.32 Å². The number of aromatic nitrogens is 1. The molecule has 0 bridgehead atoms. The molecule has 1 rings (SSSR count). The number of halogens is 1. The van der Waals surface area contributed by atoms with Crippen molar-refractivity contribution in [1.82, 2.24) is 4.98 Å². The summed E-state index contributed by atoms with van der Waals surface area (Å²) in [5, 5.41) is 12.0. The normalized spacial score (nSPS) is 9.21. The number of hydrogen-bond acceptors (Lipinski definition) is 3. The van der Waals surface area contributed by atoms with Crippen LogP contribution in [0.4, 0.5) is 5.82 Å². The lowest BCUT2D eigenvalue weighted by Crippen LogP contribution is -2.04. The van der Waals surface area contributed by atoms with E-state index in [9.17, 15) is 0 Å². The summed E-state index contributed by atoms with van der Waals surface area (Å²) in [5.41, 5.74) is 1.45. The van der Waals surface area contributed by atoms with Crippen LogP contribution in [0.3, 0.4) is 0 Å². The summed E-state index contributed by atoms with van der Waals surface area (Å²) in [4.78, 5) is 4.01. The Kier molecular flexibility index (Phi) is 3.49. The zero-order valence-electron chi connectivity index (χ0n) is 7.84. The third kappa shape index (κ3) is 2.75. The topological polar surface area (TPSA) is 48.7 Å². The monoisotopic (exact) mass is 207 g/mol. The summed E-state index contributed by atoms with van der Waals surface area (Å²) in [7, 11) is 0. The van der Waals surface area contributed by atoms with Gasteiger partial charge >= 0.3 is 0 Å². The molecule has 0 saturated carbocycles. The second kappa shape index (κ2) is 4.64. The van der Waals surface area contributed by atoms with E-state index < -0.39 is 0 Å². The van der Waals surface area contributed by atoms with Crippen molar-refractivity contribution < 1.29 is 0 Å². The van der Waals surface area contributed by atoms with Crippen molar-refractivity contribution in [3.8, 4) is 6.07 Å². The van der Waals surface area contributed by atoms with Gasteiger partial charge in [-0.25, -0.2) is 4.98 Å². The van der Waals surface area contributed by atoms with Gasteiger partial charge in [-0.15, -0.1) is 0 Å². The largest absolute Gasteiger partial charge is 0.365 e. The predicted molar refractivity (Wildman–Crippen MR) is 57.3 cm³/mol. The molecule has 0 aliphatic carbocycles. The van der Waals surface area contributed by atoms with E-state index >= 15 is 0 Å². The van der Waals surface area contributed by atoms with Crippen molar-refractivity contribution in [3.05, 3.63) is 35.0 Å². The second-order valence-corrected chi connectivity index (χ2v) is 3.38. The van der Waals surface area contributed by atoms with Gasteiger partial charge in [0, 0.05) is 12.7 Å². The third-order valence-electron chi connectivity index (χ3n) is 1.53. The van der Waals surface area contributed by atoms with Crippen LogP contribution >= 0.6 is 11.6 Å². The predicted octanol–water partition coefficient (Wildman–Crippen LogP) is 2.59. The Hall–Kier alpha value is -1.53. The van der Waals surface area contributed by atoms with Crippen LogP contribution in [0.5, 0.6) is 0 Å². The van der Waals surface area contributed by atoms with E-state index in [1.807, 2.05) is 13.0 Å². The summed E-state index contributed by atoms with van der Waals surface area (Å²) in [6, 6.07) is 3.55. The van der Waals surface area contributed by atoms with Gasteiger partial charge in [-0.1, -0.05) is 23.8 Å². The van der Waals surface area contributed by atoms with Crippen molar-refractivity contribution in [2.45, 2.75) is 6.92 Å². The number of nitrogens with one attached hydrogen (secondary N) is 1. The maximum atomic E-state index is 8.59. The van der Waals surface area contributed by atoms with Crippen LogP contribution in [0, 0.1) is 11.3 Å². The first-order chi connectivity index (χ1) is 6.63. The summed E-state index contributed by atoms with van der Waals surface area (Å²) in [6.07, 6.45) is 1.48. The van der Waals surface area contributed by atoms with Crippen LogP contribution in [-0.2, 0) is 0 Å². The number of nitrogens with zero attached hydrogens (tertiary/aromatic N) is 2. The van der Waals surface area contributed by atoms with E-state index in [4.69, 9.17) is 16.9 Å². The molecule has 0 fully saturated rings. The highest BCUT2D eigenvalue weighted by molar-refractivity contribution is 6.33. The van der Waals surface area contributed by atoms with E-state index in [-0.39, 0.29) is 0 Å². The Morgan fingerprint density at radius 2 is 2.50 bits per heavy atom. The van der Waals surface area contributed by atoms with Gasteiger partial charge in [0.1, 0.15) is 11.9 Å². The van der Waals surface area contributed by atoms with E-state index in [1.165, 1.54) is 6.20 Å². The van der Waals surface area contributed by atoms with Crippen LogP contribution in [0.2, 0.25) is 5.02 Å². The molecule has 0 aromatic carbocycles. The maximum absolute atomic E-state index is 8.59. The molecule has 0 aliphatic heterocycles. The van der Waals surface area contributed by atoms with Gasteiger partial charge in [0.25, 0.3) is 0 Å². The van der Waals surface area contributed by atoms with Crippen molar-refractivity contribution >= 4 is 17.4 Å². The third-order valence-corrected chi connectivity index (χ3v) is 1.82. The Morgan fingerprint density at radius 3 is 3.00 bits per heavy atom. The second-order valence-electron chi connectivity index (χ2n) is 2.98. The first-order valence-corrected chi connectivity index (χ1v) is 4.45. The molecule has 0 amide bonds. The molecule has 3 nitrogen and oxygen atoms in total. The van der Waals surface area contributed by atoms with Gasteiger partial charge in [0.05, 0.1) is 10.6 Å². The Balaban J connectivity index is 2.80. The highest BCUT2D eigenvalue weighted by Crippen LogP contribution is 2.19. The van der Waals surface area contributed by atoms with E-state index in [0.29, 0.717) is 22.9 Å². The summed E-state index contributed by atoms with van der Waals surface area (Å²) in [5.74, 6) is 0.577. The Morgan fingerprint density at radius 1 is 1.79 bits per heavy atom. The van der Waals surface area contributed by atoms with Gasteiger partial charge in [-0.05, 0) is 13.0 Å². The molecule has 1 heterocycles. The van der Waals surface area contributed by atoms with Crippen LogP contribution in [-0.4, -0.2) is 11.5 Å². The fourth-order valence-electron chi connectivity index (χ4n) is 0.864. The van der Waals surface area contributed by atoms with E-state index in [2.05, 4.69) is 16.9 Å². The van der Waals surface area contributed by atoms with Crippen molar-refractivity contribution in [1.29, 1.82) is 5.26 Å². The minimum atomic E-state index is 0.449. The van der Waals surface area contributed by atoms with E-state index in [1.54, 1.807) is 6.07 Å². The fraction of sp³-hybridized carbons (Fsp3) is 0.200. The first-order valence-electron chi connectivity index (χ1n) is 4.07. The lowest BCUT2D eigenvalue weighted by Gasteiger charge is -2.06. The summed E-state index contributed by atoms with van der Waals surface area (Å²) in [6.45, 7) is 6.28. The Labute approximate surface area is 88.0 Å². The van der Waals surface area contributed by atoms with Gasteiger partial charge in [0.15, 0.2) is 0 Å². The molecule has 72 valence electrons. The molecule has 0 saturated heterocycles. The van der Waals surface area contributed by atoms with E-state index in [0.717, 1.165) is 5.57 Å². The molecule has 0 spiro atoms. The highest BCUT2D eigenvalue weighted by Gasteiger charge is 2.02. The van der Waals surface area contributed by atoms with Crippen LogP contribution in [0.15, 0.2) is 24.4 Å². The standard InChI is InChI=1S/C10H10ClN3/c1-7(2)5-13-10-9(11)3-8(4-12)6-14-10/h3,6H,1,5H2,2H3,(H,13,14). The number of nitriles is 1. The molecule has 14 heavy (non-hydrogen) atoms. The minimum Gasteiger partial charge on any atom is -0.365 e. The number of rotatable bonds is 3. The minimum absolute atomic E-state index is 0.449. The molecule has 1 N–H and O–H groups in total. The maximum Gasteiger partial charge on any atom is 0.145 e. The van der Waals surface area contributed by atoms with Gasteiger partial charge in [-0.3, -0.25) is 0 Å². The molecule has 0 radical (unpaired) electrons. The first kappa shape index (κ1) is 10.6. The van der Waals surface area contributed by atoms with Crippen LogP contribution in [0.25, 0.3) is 0 Å². The lowest BCUT2D eigenvalue weighted by molar-refractivity contribution is 1.16. The molecule has 0 atom stereocenters. The number of hydrogen-bond donors (Lipinski definition) is 1. The fourth-order valence-corrected chi connectivity index (χ4v) is 1.10. The quantitative estimate of drug-likeness (QED) is 0.776. The summed E-state index contributed by atoms with van der Waals surface area (Å²) < 4.78 is 0. The Bertz CT molecular complexity index is 393. The van der Waals surface area contributed by atoms with Crippen LogP contribution < -0.4 is 5.32 Å². The van der Waals surface area contributed by atoms with Crippen molar-refractivity contribution in [3.63, 3.8) is 0 Å². The molecule has 1 aromatic rings. The average Bonchev–Trinajstić information content (AvgIpc) is 2.15. The van der Waals surface area contributed by atoms with Gasteiger partial charge in [-0.2, -0.15) is 5.26 Å². The molecule has 1 aromatic heterocycles. The average molecular weight is 208 g/mol. The number of anilines is 1. The molecular weight excluding hydrogens is 198 g/mol. The number of pyridine rings is 1. The highest BCUT2D eigenvalue weighted by atomic mass is 35.5. The smallest absolute Gasteiger partial charge is 0.145 e. The molecule has 4 heteroatoms. The van der Waals surface area contributed by atoms with Crippen LogP contribution in [0.1, 0.15) is 12.5 Å². The zero-order chi connectivity index (χ0) is 10.6.